The van der Waals surface area contributed by atoms with Crippen LogP contribution in [-0.2, 0) is 0 Å². The maximum atomic E-state index is 12.3. The van der Waals surface area contributed by atoms with E-state index in [1.807, 2.05) is 17.2 Å². The minimum absolute atomic E-state index is 0.0764. The van der Waals surface area contributed by atoms with Gasteiger partial charge in [-0.25, -0.2) is 4.98 Å². The molecule has 1 fully saturated rings. The molecule has 1 aliphatic rings. The fourth-order valence-corrected chi connectivity index (χ4v) is 2.96. The Labute approximate surface area is 106 Å². The molecule has 1 aromatic rings. The third-order valence-corrected chi connectivity index (χ3v) is 4.00. The van der Waals surface area contributed by atoms with Crippen molar-refractivity contribution < 1.29 is 4.79 Å². The summed E-state index contributed by atoms with van der Waals surface area (Å²) < 4.78 is 0. The maximum Gasteiger partial charge on any atom is 0.273 e. The Kier molecular flexibility index (Phi) is 4.12. The van der Waals surface area contributed by atoms with Gasteiger partial charge in [-0.15, -0.1) is 11.3 Å². The lowest BCUT2D eigenvalue weighted by Crippen LogP contribution is -2.44. The van der Waals surface area contributed by atoms with Crippen molar-refractivity contribution in [3.05, 3.63) is 16.1 Å². The van der Waals surface area contributed by atoms with E-state index in [-0.39, 0.29) is 5.91 Å². The summed E-state index contributed by atoms with van der Waals surface area (Å²) >= 11 is 1.53. The average Bonchev–Trinajstić information content (AvgIpc) is 2.76. The van der Waals surface area contributed by atoms with Crippen molar-refractivity contribution in [2.24, 2.45) is 5.73 Å². The minimum atomic E-state index is 0.0764. The molecule has 17 heavy (non-hydrogen) atoms. The Morgan fingerprint density at radius 3 is 3.12 bits per heavy atom. The van der Waals surface area contributed by atoms with Crippen molar-refractivity contribution in [3.63, 3.8) is 0 Å². The normalized spacial score (nSPS) is 20.6. The maximum absolute atomic E-state index is 12.3. The molecule has 0 saturated carbocycles. The van der Waals surface area contributed by atoms with Crippen LogP contribution in [0.25, 0.3) is 0 Å². The molecule has 1 saturated heterocycles. The molecule has 4 nitrogen and oxygen atoms in total. The van der Waals surface area contributed by atoms with Crippen LogP contribution in [0.15, 0.2) is 5.38 Å². The van der Waals surface area contributed by atoms with Crippen LogP contribution in [0, 0.1) is 6.92 Å². The predicted octanol–water partition coefficient (Wildman–Crippen LogP) is 1.80. The van der Waals surface area contributed by atoms with Crippen LogP contribution >= 0.6 is 11.3 Å². The second-order valence-corrected chi connectivity index (χ2v) is 5.54. The molecule has 0 bridgehead atoms. The number of carbonyl (C=O) groups excluding carboxylic acids is 1. The van der Waals surface area contributed by atoms with Crippen molar-refractivity contribution in [3.8, 4) is 0 Å². The average molecular weight is 253 g/mol. The third kappa shape index (κ3) is 2.84. The number of likely N-dealkylation sites (tertiary alicyclic amines) is 1. The molecule has 1 amide bonds. The van der Waals surface area contributed by atoms with Gasteiger partial charge in [0.15, 0.2) is 0 Å². The van der Waals surface area contributed by atoms with E-state index < -0.39 is 0 Å². The highest BCUT2D eigenvalue weighted by Gasteiger charge is 2.27. The van der Waals surface area contributed by atoms with E-state index in [0.29, 0.717) is 18.3 Å². The Morgan fingerprint density at radius 1 is 1.65 bits per heavy atom. The first-order valence-corrected chi connectivity index (χ1v) is 7.03. The van der Waals surface area contributed by atoms with Crippen LogP contribution in [0.3, 0.4) is 0 Å². The van der Waals surface area contributed by atoms with Crippen molar-refractivity contribution in [1.29, 1.82) is 0 Å². The largest absolute Gasteiger partial charge is 0.334 e. The van der Waals surface area contributed by atoms with E-state index in [1.165, 1.54) is 17.8 Å². The van der Waals surface area contributed by atoms with Gasteiger partial charge < -0.3 is 10.6 Å². The highest BCUT2D eigenvalue weighted by atomic mass is 32.1. The Bertz CT molecular complexity index is 389. The monoisotopic (exact) mass is 253 g/mol. The van der Waals surface area contributed by atoms with E-state index in [1.54, 1.807) is 0 Å². The minimum Gasteiger partial charge on any atom is -0.334 e. The standard InChI is InChI=1S/C12H19N3OS/c1-9-14-11(8-17-9)12(16)15-7-3-2-4-10(15)5-6-13/h8,10H,2-7,13H2,1H3. The van der Waals surface area contributed by atoms with Crippen LogP contribution in [-0.4, -0.2) is 34.9 Å². The molecule has 1 aliphatic heterocycles. The number of aryl methyl sites for hydroxylation is 1. The number of thiazole rings is 1. The molecule has 0 radical (unpaired) electrons. The molecule has 1 aromatic heterocycles. The number of nitrogens with two attached hydrogens (primary N) is 1. The van der Waals surface area contributed by atoms with E-state index in [4.69, 9.17) is 5.73 Å². The zero-order valence-corrected chi connectivity index (χ0v) is 11.0. The van der Waals surface area contributed by atoms with Gasteiger partial charge in [-0.3, -0.25) is 4.79 Å². The zero-order valence-electron chi connectivity index (χ0n) is 10.2. The van der Waals surface area contributed by atoms with Gasteiger partial charge in [0.05, 0.1) is 5.01 Å². The fraction of sp³-hybridized carbons (Fsp3) is 0.667. The predicted molar refractivity (Wildman–Crippen MR) is 69.2 cm³/mol. The molecule has 5 heteroatoms. The molecule has 1 atom stereocenters. The Balaban J connectivity index is 2.10. The van der Waals surface area contributed by atoms with Gasteiger partial charge in [-0.2, -0.15) is 0 Å². The summed E-state index contributed by atoms with van der Waals surface area (Å²) in [7, 11) is 0. The van der Waals surface area contributed by atoms with E-state index in [0.717, 1.165) is 30.8 Å². The summed E-state index contributed by atoms with van der Waals surface area (Å²) in [5.41, 5.74) is 6.21. The fourth-order valence-electron chi connectivity index (χ4n) is 2.37. The van der Waals surface area contributed by atoms with Gasteiger partial charge >= 0.3 is 0 Å². The molecule has 94 valence electrons. The van der Waals surface area contributed by atoms with Gasteiger partial charge in [-0.05, 0) is 39.2 Å². The summed E-state index contributed by atoms with van der Waals surface area (Å²) in [4.78, 5) is 18.6. The lowest BCUT2D eigenvalue weighted by Gasteiger charge is -2.35. The van der Waals surface area contributed by atoms with Crippen molar-refractivity contribution in [2.45, 2.75) is 38.6 Å². The summed E-state index contributed by atoms with van der Waals surface area (Å²) in [6.45, 7) is 3.42. The topological polar surface area (TPSA) is 59.2 Å². The first-order chi connectivity index (χ1) is 8.22. The van der Waals surface area contributed by atoms with Crippen molar-refractivity contribution >= 4 is 17.2 Å². The Morgan fingerprint density at radius 2 is 2.47 bits per heavy atom. The van der Waals surface area contributed by atoms with Crippen LogP contribution in [0.5, 0.6) is 0 Å². The van der Waals surface area contributed by atoms with E-state index in [9.17, 15) is 4.79 Å². The highest BCUT2D eigenvalue weighted by Crippen LogP contribution is 2.22. The molecule has 0 aliphatic carbocycles. The summed E-state index contributed by atoms with van der Waals surface area (Å²) in [6, 6.07) is 0.309. The molecule has 0 spiro atoms. The number of hydrogen-bond donors (Lipinski definition) is 1. The number of piperidine rings is 1. The Hall–Kier alpha value is -0.940. The lowest BCUT2D eigenvalue weighted by atomic mass is 9.99. The smallest absolute Gasteiger partial charge is 0.273 e. The number of nitrogens with zero attached hydrogens (tertiary/aromatic N) is 2. The van der Waals surface area contributed by atoms with Crippen molar-refractivity contribution in [1.82, 2.24) is 9.88 Å². The number of hydrogen-bond acceptors (Lipinski definition) is 4. The first-order valence-electron chi connectivity index (χ1n) is 6.15. The number of carbonyl (C=O) groups is 1. The van der Waals surface area contributed by atoms with Gasteiger partial charge in [0.2, 0.25) is 0 Å². The molecular weight excluding hydrogens is 234 g/mol. The number of amides is 1. The first kappa shape index (κ1) is 12.5. The van der Waals surface area contributed by atoms with Crippen LogP contribution in [0.2, 0.25) is 0 Å². The lowest BCUT2D eigenvalue weighted by molar-refractivity contribution is 0.0599. The quantitative estimate of drug-likeness (QED) is 0.893. The van der Waals surface area contributed by atoms with E-state index in [2.05, 4.69) is 4.98 Å². The third-order valence-electron chi connectivity index (χ3n) is 3.23. The second-order valence-electron chi connectivity index (χ2n) is 4.48. The van der Waals surface area contributed by atoms with Crippen LogP contribution < -0.4 is 5.73 Å². The zero-order chi connectivity index (χ0) is 12.3. The van der Waals surface area contributed by atoms with E-state index >= 15 is 0 Å². The molecule has 1 unspecified atom stereocenters. The molecule has 2 rings (SSSR count). The van der Waals surface area contributed by atoms with Crippen LogP contribution in [0.4, 0.5) is 0 Å². The number of aromatic nitrogens is 1. The van der Waals surface area contributed by atoms with Gasteiger partial charge in [0, 0.05) is 18.0 Å². The molecular formula is C12H19N3OS. The van der Waals surface area contributed by atoms with Gasteiger partial charge in [0.1, 0.15) is 5.69 Å². The van der Waals surface area contributed by atoms with Gasteiger partial charge in [-0.1, -0.05) is 0 Å². The number of rotatable bonds is 3. The summed E-state index contributed by atoms with van der Waals surface area (Å²) in [5, 5.41) is 2.80. The second kappa shape index (κ2) is 5.60. The highest BCUT2D eigenvalue weighted by molar-refractivity contribution is 7.09. The van der Waals surface area contributed by atoms with Crippen molar-refractivity contribution in [2.75, 3.05) is 13.1 Å². The van der Waals surface area contributed by atoms with Gasteiger partial charge in [0.25, 0.3) is 5.91 Å². The van der Waals surface area contributed by atoms with Crippen LogP contribution in [0.1, 0.15) is 41.2 Å². The molecule has 0 aromatic carbocycles. The molecule has 2 heterocycles. The summed E-state index contributed by atoms with van der Waals surface area (Å²) in [5.74, 6) is 0.0764. The summed E-state index contributed by atoms with van der Waals surface area (Å²) in [6.07, 6.45) is 4.27. The SMILES string of the molecule is Cc1nc(C(=O)N2CCCCC2CCN)cs1. The molecule has 2 N–H and O–H groups in total.